The number of rotatable bonds is 7. The minimum absolute atomic E-state index is 0.0313. The van der Waals surface area contributed by atoms with Gasteiger partial charge in [-0.2, -0.15) is 9.40 Å². The molecule has 0 unspecified atom stereocenters. The summed E-state index contributed by atoms with van der Waals surface area (Å²) >= 11 is 0. The maximum atomic E-state index is 14.6. The van der Waals surface area contributed by atoms with Crippen molar-refractivity contribution in [3.63, 3.8) is 0 Å². The first kappa shape index (κ1) is 24.5. The standard InChI is InChI=1S/C28H29F2N3O3S/c1-18-23-15-31-33(22-10-8-21(29)9-11-22)25(23)14-19-6-7-20(27(18)19)16-32(17-28(34)12-13-28)37(35,36)26-5-3-2-4-24(26)30/h2-5,8-11,15,18,20,34H,6-7,12-14,16-17H2,1H3/t18-,20+/m0/s1. The molecule has 1 saturated carbocycles. The van der Waals surface area contributed by atoms with Crippen LogP contribution in [0.4, 0.5) is 8.78 Å². The maximum Gasteiger partial charge on any atom is 0.246 e. The predicted molar refractivity (Wildman–Crippen MR) is 135 cm³/mol. The highest BCUT2D eigenvalue weighted by Crippen LogP contribution is 2.48. The van der Waals surface area contributed by atoms with Gasteiger partial charge in [0.1, 0.15) is 16.5 Å². The van der Waals surface area contributed by atoms with Crippen molar-refractivity contribution in [2.75, 3.05) is 13.1 Å². The summed E-state index contributed by atoms with van der Waals surface area (Å²) in [6.45, 7) is 2.28. The van der Waals surface area contributed by atoms with Gasteiger partial charge in [-0.25, -0.2) is 21.9 Å². The van der Waals surface area contributed by atoms with Gasteiger partial charge in [0.05, 0.1) is 23.2 Å². The molecule has 0 bridgehead atoms. The van der Waals surface area contributed by atoms with Gasteiger partial charge in [0.25, 0.3) is 0 Å². The van der Waals surface area contributed by atoms with Crippen molar-refractivity contribution in [1.82, 2.24) is 14.1 Å². The molecule has 1 aromatic heterocycles. The van der Waals surface area contributed by atoms with E-state index < -0.39 is 21.4 Å². The second kappa shape index (κ2) is 8.85. The Labute approximate surface area is 215 Å². The van der Waals surface area contributed by atoms with E-state index in [1.807, 2.05) is 10.9 Å². The van der Waals surface area contributed by atoms with Gasteiger partial charge in [-0.05, 0) is 68.0 Å². The van der Waals surface area contributed by atoms with E-state index in [2.05, 4.69) is 12.0 Å². The highest BCUT2D eigenvalue weighted by molar-refractivity contribution is 7.89. The highest BCUT2D eigenvalue weighted by atomic mass is 32.2. The minimum atomic E-state index is -4.14. The van der Waals surface area contributed by atoms with Crippen LogP contribution in [0.15, 0.2) is 70.8 Å². The van der Waals surface area contributed by atoms with Crippen LogP contribution in [-0.2, 0) is 16.4 Å². The van der Waals surface area contributed by atoms with E-state index in [4.69, 9.17) is 0 Å². The summed E-state index contributed by atoms with van der Waals surface area (Å²) in [7, 11) is -4.14. The summed E-state index contributed by atoms with van der Waals surface area (Å²) in [4.78, 5) is -0.356. The lowest BCUT2D eigenvalue weighted by atomic mass is 9.80. The molecule has 194 valence electrons. The van der Waals surface area contributed by atoms with Gasteiger partial charge in [0, 0.05) is 31.0 Å². The molecule has 3 aliphatic rings. The molecule has 1 fully saturated rings. The molecular formula is C28H29F2N3O3S. The Bertz CT molecular complexity index is 1490. The van der Waals surface area contributed by atoms with Crippen LogP contribution in [0.1, 0.15) is 49.8 Å². The quantitative estimate of drug-likeness (QED) is 0.453. The number of nitrogens with zero attached hydrogens (tertiary/aromatic N) is 3. The average Bonchev–Trinajstić information content (AvgIpc) is 3.25. The molecule has 1 heterocycles. The molecule has 3 aliphatic carbocycles. The van der Waals surface area contributed by atoms with Crippen LogP contribution >= 0.6 is 0 Å². The fraction of sp³-hybridized carbons (Fsp3) is 0.393. The van der Waals surface area contributed by atoms with Gasteiger partial charge in [0.15, 0.2) is 0 Å². The van der Waals surface area contributed by atoms with Crippen LogP contribution in [0.5, 0.6) is 0 Å². The van der Waals surface area contributed by atoms with E-state index in [0.29, 0.717) is 19.3 Å². The Morgan fingerprint density at radius 2 is 1.86 bits per heavy atom. The van der Waals surface area contributed by atoms with Crippen LogP contribution in [0, 0.1) is 17.6 Å². The van der Waals surface area contributed by atoms with E-state index >= 15 is 0 Å². The number of hydrogen-bond donors (Lipinski definition) is 1. The van der Waals surface area contributed by atoms with Crippen LogP contribution in [0.2, 0.25) is 0 Å². The number of sulfonamides is 1. The number of benzene rings is 2. The van der Waals surface area contributed by atoms with Crippen molar-refractivity contribution >= 4 is 10.0 Å². The van der Waals surface area contributed by atoms with E-state index in [0.717, 1.165) is 35.9 Å². The van der Waals surface area contributed by atoms with Crippen LogP contribution in [-0.4, -0.2) is 46.3 Å². The van der Waals surface area contributed by atoms with E-state index in [1.54, 1.807) is 12.1 Å². The smallest absolute Gasteiger partial charge is 0.246 e. The highest BCUT2D eigenvalue weighted by Gasteiger charge is 2.46. The first-order valence-corrected chi connectivity index (χ1v) is 14.1. The molecule has 2 aromatic carbocycles. The second-order valence-electron chi connectivity index (χ2n) is 10.6. The van der Waals surface area contributed by atoms with Gasteiger partial charge < -0.3 is 5.11 Å². The van der Waals surface area contributed by atoms with E-state index in [-0.39, 0.29) is 35.6 Å². The first-order valence-electron chi connectivity index (χ1n) is 12.7. The number of fused-ring (bicyclic) bond motifs is 1. The van der Waals surface area contributed by atoms with Crippen LogP contribution < -0.4 is 0 Å². The summed E-state index contributed by atoms with van der Waals surface area (Å²) in [6.07, 6.45) is 5.27. The first-order chi connectivity index (χ1) is 17.7. The van der Waals surface area contributed by atoms with Crippen molar-refractivity contribution in [2.45, 2.75) is 55.4 Å². The maximum absolute atomic E-state index is 14.6. The minimum Gasteiger partial charge on any atom is -0.389 e. The number of allylic oxidation sites excluding steroid dienone is 1. The summed E-state index contributed by atoms with van der Waals surface area (Å²) in [6, 6.07) is 11.7. The molecule has 0 amide bonds. The number of hydrogen-bond acceptors (Lipinski definition) is 4. The lowest BCUT2D eigenvalue weighted by Crippen LogP contribution is -2.42. The summed E-state index contributed by atoms with van der Waals surface area (Å²) in [5.74, 6) is -1.07. The van der Waals surface area contributed by atoms with Crippen LogP contribution in [0.3, 0.4) is 0 Å². The Morgan fingerprint density at radius 1 is 1.14 bits per heavy atom. The number of aromatic nitrogens is 2. The monoisotopic (exact) mass is 525 g/mol. The zero-order chi connectivity index (χ0) is 25.9. The van der Waals surface area contributed by atoms with Crippen molar-refractivity contribution in [3.8, 4) is 5.69 Å². The Balaban J connectivity index is 1.31. The molecule has 0 radical (unpaired) electrons. The lowest BCUT2D eigenvalue weighted by molar-refractivity contribution is 0.119. The molecule has 0 aliphatic heterocycles. The summed E-state index contributed by atoms with van der Waals surface area (Å²) < 4.78 is 58.3. The molecule has 0 saturated heterocycles. The molecule has 3 aromatic rings. The van der Waals surface area contributed by atoms with Gasteiger partial charge >= 0.3 is 0 Å². The van der Waals surface area contributed by atoms with Crippen molar-refractivity contribution in [3.05, 3.63) is 88.8 Å². The Kier molecular flexibility index (Phi) is 5.85. The predicted octanol–water partition coefficient (Wildman–Crippen LogP) is 4.73. The number of aliphatic hydroxyl groups is 1. The molecule has 37 heavy (non-hydrogen) atoms. The number of halogens is 2. The van der Waals surface area contributed by atoms with Gasteiger partial charge in [-0.15, -0.1) is 0 Å². The van der Waals surface area contributed by atoms with Crippen molar-refractivity contribution in [2.24, 2.45) is 5.92 Å². The van der Waals surface area contributed by atoms with Gasteiger partial charge in [-0.1, -0.05) is 30.2 Å². The Hall–Kier alpha value is -2.88. The Morgan fingerprint density at radius 3 is 2.57 bits per heavy atom. The largest absolute Gasteiger partial charge is 0.389 e. The van der Waals surface area contributed by atoms with E-state index in [1.165, 1.54) is 45.8 Å². The third-order valence-electron chi connectivity index (χ3n) is 8.11. The van der Waals surface area contributed by atoms with Gasteiger partial charge in [-0.3, -0.25) is 0 Å². The second-order valence-corrected chi connectivity index (χ2v) is 12.5. The fourth-order valence-corrected chi connectivity index (χ4v) is 7.62. The van der Waals surface area contributed by atoms with Crippen LogP contribution in [0.25, 0.3) is 5.69 Å². The molecule has 9 heteroatoms. The normalized spacial score (nSPS) is 22.3. The zero-order valence-electron chi connectivity index (χ0n) is 20.6. The van der Waals surface area contributed by atoms with Gasteiger partial charge in [0.2, 0.25) is 10.0 Å². The fourth-order valence-electron chi connectivity index (χ4n) is 5.99. The molecule has 6 nitrogen and oxygen atoms in total. The summed E-state index contributed by atoms with van der Waals surface area (Å²) in [5, 5.41) is 15.2. The zero-order valence-corrected chi connectivity index (χ0v) is 21.4. The molecule has 6 rings (SSSR count). The van der Waals surface area contributed by atoms with Crippen molar-refractivity contribution < 1.29 is 22.3 Å². The van der Waals surface area contributed by atoms with E-state index in [9.17, 15) is 22.3 Å². The van der Waals surface area contributed by atoms with Crippen molar-refractivity contribution in [1.29, 1.82) is 0 Å². The third kappa shape index (κ3) is 4.32. The average molecular weight is 526 g/mol. The molecule has 0 spiro atoms. The SMILES string of the molecule is C[C@@H]1C2=C(CC[C@@H]2CN(CC2(O)CC2)S(=O)(=O)c2ccccc2F)Cc2c1cnn2-c1ccc(F)cc1. The molecule has 1 N–H and O–H groups in total. The lowest BCUT2D eigenvalue weighted by Gasteiger charge is -2.31. The topological polar surface area (TPSA) is 75.4 Å². The summed E-state index contributed by atoms with van der Waals surface area (Å²) in [5.41, 5.74) is 4.41. The molecular weight excluding hydrogens is 496 g/mol. The third-order valence-corrected chi connectivity index (χ3v) is 9.95. The molecule has 2 atom stereocenters.